The summed E-state index contributed by atoms with van der Waals surface area (Å²) < 4.78 is 23.9. The van der Waals surface area contributed by atoms with E-state index in [1.165, 1.54) is 25.7 Å². The van der Waals surface area contributed by atoms with Gasteiger partial charge in [0.05, 0.1) is 10.5 Å². The van der Waals surface area contributed by atoms with E-state index in [2.05, 4.69) is 5.32 Å². The summed E-state index contributed by atoms with van der Waals surface area (Å²) in [7, 11) is -3.02. The molecule has 0 spiro atoms. The zero-order valence-electron chi connectivity index (χ0n) is 11.6. The SMILES string of the molecule is CCNC(CS(=O)(=O)C(C)(C)C)C1CCCC1. The third-order valence-electron chi connectivity index (χ3n) is 3.77. The van der Waals surface area contributed by atoms with Crippen LogP contribution in [0.4, 0.5) is 0 Å². The lowest BCUT2D eigenvalue weighted by atomic mass is 10.00. The van der Waals surface area contributed by atoms with Crippen LogP contribution in [0.15, 0.2) is 0 Å². The molecule has 3 nitrogen and oxygen atoms in total. The Balaban J connectivity index is 2.73. The zero-order valence-corrected chi connectivity index (χ0v) is 12.4. The molecule has 4 heteroatoms. The first-order chi connectivity index (χ1) is 7.78. The van der Waals surface area contributed by atoms with Crippen molar-refractivity contribution < 1.29 is 8.42 Å². The minimum absolute atomic E-state index is 0.145. The highest BCUT2D eigenvalue weighted by molar-refractivity contribution is 7.92. The Bertz CT molecular complexity index is 324. The molecule has 0 heterocycles. The first-order valence-electron chi connectivity index (χ1n) is 6.73. The van der Waals surface area contributed by atoms with Crippen LogP contribution in [0, 0.1) is 5.92 Å². The quantitative estimate of drug-likeness (QED) is 0.826. The molecule has 1 fully saturated rings. The van der Waals surface area contributed by atoms with E-state index in [0.29, 0.717) is 5.92 Å². The van der Waals surface area contributed by atoms with Gasteiger partial charge in [-0.2, -0.15) is 0 Å². The second kappa shape index (κ2) is 5.70. The van der Waals surface area contributed by atoms with Gasteiger partial charge in [-0.15, -0.1) is 0 Å². The van der Waals surface area contributed by atoms with Crippen LogP contribution in [-0.4, -0.2) is 31.5 Å². The van der Waals surface area contributed by atoms with Crippen molar-refractivity contribution >= 4 is 9.84 Å². The summed E-state index contributed by atoms with van der Waals surface area (Å²) in [6.45, 7) is 8.27. The summed E-state index contributed by atoms with van der Waals surface area (Å²) in [4.78, 5) is 0. The highest BCUT2D eigenvalue weighted by atomic mass is 32.2. The molecular formula is C13H27NO2S. The van der Waals surface area contributed by atoms with Gasteiger partial charge in [-0.05, 0) is 46.1 Å². The Hall–Kier alpha value is -0.0900. The van der Waals surface area contributed by atoms with Crippen molar-refractivity contribution in [2.45, 2.75) is 64.2 Å². The van der Waals surface area contributed by atoms with Gasteiger partial charge in [-0.3, -0.25) is 0 Å². The van der Waals surface area contributed by atoms with E-state index in [1.807, 2.05) is 6.92 Å². The van der Waals surface area contributed by atoms with Crippen LogP contribution >= 0.6 is 0 Å². The average molecular weight is 261 g/mol. The molecule has 1 unspecified atom stereocenters. The highest BCUT2D eigenvalue weighted by Crippen LogP contribution is 2.29. The third-order valence-corrected chi connectivity index (χ3v) is 6.43. The van der Waals surface area contributed by atoms with E-state index in [-0.39, 0.29) is 11.8 Å². The minimum atomic E-state index is -3.02. The molecule has 1 aliphatic rings. The van der Waals surface area contributed by atoms with Crippen molar-refractivity contribution in [2.75, 3.05) is 12.3 Å². The molecule has 102 valence electrons. The largest absolute Gasteiger partial charge is 0.313 e. The van der Waals surface area contributed by atoms with Gasteiger partial charge in [0, 0.05) is 6.04 Å². The van der Waals surface area contributed by atoms with E-state index < -0.39 is 14.6 Å². The Morgan fingerprint density at radius 1 is 1.24 bits per heavy atom. The van der Waals surface area contributed by atoms with Crippen molar-refractivity contribution in [2.24, 2.45) is 5.92 Å². The van der Waals surface area contributed by atoms with Crippen molar-refractivity contribution in [3.63, 3.8) is 0 Å². The van der Waals surface area contributed by atoms with Gasteiger partial charge in [0.1, 0.15) is 0 Å². The predicted molar refractivity (Wildman–Crippen MR) is 73.0 cm³/mol. The lowest BCUT2D eigenvalue weighted by Crippen LogP contribution is -2.45. The summed E-state index contributed by atoms with van der Waals surface area (Å²) in [5.41, 5.74) is 0. The fourth-order valence-corrected chi connectivity index (χ4v) is 3.83. The number of nitrogens with one attached hydrogen (secondary N) is 1. The molecule has 17 heavy (non-hydrogen) atoms. The van der Waals surface area contributed by atoms with Gasteiger partial charge in [0.25, 0.3) is 0 Å². The molecule has 0 amide bonds. The summed E-state index contributed by atoms with van der Waals surface area (Å²) in [5.74, 6) is 0.835. The van der Waals surface area contributed by atoms with Crippen LogP contribution in [-0.2, 0) is 9.84 Å². The van der Waals surface area contributed by atoms with E-state index in [4.69, 9.17) is 0 Å². The monoisotopic (exact) mass is 261 g/mol. The summed E-state index contributed by atoms with van der Waals surface area (Å²) in [6.07, 6.45) is 4.86. The van der Waals surface area contributed by atoms with Crippen LogP contribution in [0.3, 0.4) is 0 Å². The maximum atomic E-state index is 12.3. The Morgan fingerprint density at radius 3 is 2.18 bits per heavy atom. The smallest absolute Gasteiger partial charge is 0.156 e. The van der Waals surface area contributed by atoms with Crippen molar-refractivity contribution in [1.82, 2.24) is 5.32 Å². The van der Waals surface area contributed by atoms with Crippen molar-refractivity contribution in [3.8, 4) is 0 Å². The van der Waals surface area contributed by atoms with Crippen molar-refractivity contribution in [3.05, 3.63) is 0 Å². The maximum absolute atomic E-state index is 12.3. The van der Waals surface area contributed by atoms with Crippen LogP contribution in [0.5, 0.6) is 0 Å². The van der Waals surface area contributed by atoms with E-state index in [9.17, 15) is 8.42 Å². The molecule has 0 bridgehead atoms. The predicted octanol–water partition coefficient (Wildman–Crippen LogP) is 2.37. The van der Waals surface area contributed by atoms with Crippen LogP contribution in [0.25, 0.3) is 0 Å². The molecule has 1 rings (SSSR count). The topological polar surface area (TPSA) is 46.2 Å². The highest BCUT2D eigenvalue weighted by Gasteiger charge is 2.35. The van der Waals surface area contributed by atoms with Gasteiger partial charge in [-0.1, -0.05) is 19.8 Å². The van der Waals surface area contributed by atoms with Crippen LogP contribution in [0.1, 0.15) is 53.4 Å². The van der Waals surface area contributed by atoms with Crippen molar-refractivity contribution in [1.29, 1.82) is 0 Å². The molecule has 0 aromatic heterocycles. The summed E-state index contributed by atoms with van der Waals surface area (Å²) in [5, 5.41) is 3.37. The van der Waals surface area contributed by atoms with Crippen LogP contribution < -0.4 is 5.32 Å². The number of hydrogen-bond donors (Lipinski definition) is 1. The number of sulfone groups is 1. The normalized spacial score (nSPS) is 20.7. The molecule has 0 radical (unpaired) electrons. The fraction of sp³-hybridized carbons (Fsp3) is 1.00. The fourth-order valence-electron chi connectivity index (χ4n) is 2.47. The van der Waals surface area contributed by atoms with E-state index in [1.54, 1.807) is 20.8 Å². The maximum Gasteiger partial charge on any atom is 0.156 e. The third kappa shape index (κ3) is 3.95. The molecule has 1 saturated carbocycles. The molecule has 1 N–H and O–H groups in total. The molecule has 0 aliphatic heterocycles. The molecule has 0 aromatic carbocycles. The summed E-state index contributed by atoms with van der Waals surface area (Å²) >= 11 is 0. The average Bonchev–Trinajstić information content (AvgIpc) is 2.67. The van der Waals surface area contributed by atoms with E-state index in [0.717, 1.165) is 6.54 Å². The van der Waals surface area contributed by atoms with Gasteiger partial charge < -0.3 is 5.32 Å². The standard InChI is InChI=1S/C13H27NO2S/c1-5-14-12(11-8-6-7-9-11)10-17(15,16)13(2,3)4/h11-12,14H,5-10H2,1-4H3. The first kappa shape index (κ1) is 15.0. The van der Waals surface area contributed by atoms with Gasteiger partial charge in [0.2, 0.25) is 0 Å². The summed E-state index contributed by atoms with van der Waals surface area (Å²) in [6, 6.07) is 0.145. The zero-order chi connectivity index (χ0) is 13.1. The number of rotatable bonds is 5. The Morgan fingerprint density at radius 2 is 1.76 bits per heavy atom. The van der Waals surface area contributed by atoms with Gasteiger partial charge >= 0.3 is 0 Å². The minimum Gasteiger partial charge on any atom is -0.313 e. The molecule has 1 atom stereocenters. The Labute approximate surface area is 106 Å². The lowest BCUT2D eigenvalue weighted by Gasteiger charge is -2.28. The molecule has 1 aliphatic carbocycles. The first-order valence-corrected chi connectivity index (χ1v) is 8.39. The molecule has 0 aromatic rings. The van der Waals surface area contributed by atoms with Crippen LogP contribution in [0.2, 0.25) is 0 Å². The van der Waals surface area contributed by atoms with Gasteiger partial charge in [-0.25, -0.2) is 8.42 Å². The second-order valence-corrected chi connectivity index (χ2v) is 8.89. The second-order valence-electron chi connectivity index (χ2n) is 6.10. The van der Waals surface area contributed by atoms with E-state index >= 15 is 0 Å². The van der Waals surface area contributed by atoms with Gasteiger partial charge in [0.15, 0.2) is 9.84 Å². The molecule has 0 saturated heterocycles. The number of hydrogen-bond acceptors (Lipinski definition) is 3. The lowest BCUT2D eigenvalue weighted by molar-refractivity contribution is 0.386. The Kier molecular flexibility index (Phi) is 5.02. The molecular weight excluding hydrogens is 234 g/mol.